The number of hydrogen-bond acceptors (Lipinski definition) is 6. The zero-order valence-corrected chi connectivity index (χ0v) is 13.1. The van der Waals surface area contributed by atoms with Crippen LogP contribution in [0.1, 0.15) is 45.1 Å². The summed E-state index contributed by atoms with van der Waals surface area (Å²) < 4.78 is 5.31. The highest BCUT2D eigenvalue weighted by atomic mass is 16.5. The molecule has 1 aromatic rings. The predicted octanol–water partition coefficient (Wildman–Crippen LogP) is 1.99. The van der Waals surface area contributed by atoms with E-state index < -0.39 is 5.60 Å². The Morgan fingerprint density at radius 3 is 2.43 bits per heavy atom. The summed E-state index contributed by atoms with van der Waals surface area (Å²) in [5.74, 6) is 1.96. The van der Waals surface area contributed by atoms with Crippen molar-refractivity contribution in [2.75, 3.05) is 36.9 Å². The molecule has 0 amide bonds. The minimum absolute atomic E-state index is 0.298. The second kappa shape index (κ2) is 7.04. The number of rotatable bonds is 6. The van der Waals surface area contributed by atoms with Gasteiger partial charge in [0.25, 0.3) is 0 Å². The van der Waals surface area contributed by atoms with Gasteiger partial charge in [0, 0.05) is 44.7 Å². The van der Waals surface area contributed by atoms with Crippen molar-refractivity contribution < 1.29 is 9.84 Å². The lowest BCUT2D eigenvalue weighted by atomic mass is 9.94. The molecule has 0 aromatic carbocycles. The van der Waals surface area contributed by atoms with E-state index in [-0.39, 0.29) is 0 Å². The molecule has 6 heteroatoms. The molecular weight excluding hydrogens is 268 g/mol. The van der Waals surface area contributed by atoms with Gasteiger partial charge in [-0.3, -0.25) is 0 Å². The highest BCUT2D eigenvalue weighted by molar-refractivity contribution is 5.59. The molecule has 0 spiro atoms. The van der Waals surface area contributed by atoms with Crippen LogP contribution in [-0.2, 0) is 4.74 Å². The summed E-state index contributed by atoms with van der Waals surface area (Å²) in [6.45, 7) is 8.81. The molecule has 1 aliphatic rings. The number of anilines is 2. The SMILES string of the molecule is CCNc1ncnc(NCC2(O)CCOCC2)c1C(C)C. The van der Waals surface area contributed by atoms with E-state index in [1.54, 1.807) is 6.33 Å². The standard InChI is InChI=1S/C15H26N4O2/c1-4-16-13-12(11(2)3)14(19-10-18-13)17-9-15(20)5-7-21-8-6-15/h10-11,20H,4-9H2,1-3H3,(H2,16,17,18,19). The number of aromatic nitrogens is 2. The van der Waals surface area contributed by atoms with Crippen molar-refractivity contribution in [3.05, 3.63) is 11.9 Å². The van der Waals surface area contributed by atoms with Crippen LogP contribution in [0.2, 0.25) is 0 Å². The van der Waals surface area contributed by atoms with Crippen LogP contribution >= 0.6 is 0 Å². The molecule has 1 aliphatic heterocycles. The fourth-order valence-electron chi connectivity index (χ4n) is 2.57. The summed E-state index contributed by atoms with van der Waals surface area (Å²) in [7, 11) is 0. The van der Waals surface area contributed by atoms with Gasteiger partial charge in [0.15, 0.2) is 0 Å². The van der Waals surface area contributed by atoms with E-state index in [0.717, 1.165) is 23.7 Å². The topological polar surface area (TPSA) is 79.3 Å². The maximum absolute atomic E-state index is 10.5. The van der Waals surface area contributed by atoms with Crippen molar-refractivity contribution in [2.45, 2.75) is 45.1 Å². The minimum atomic E-state index is -0.713. The van der Waals surface area contributed by atoms with Gasteiger partial charge in [-0.2, -0.15) is 0 Å². The van der Waals surface area contributed by atoms with Crippen molar-refractivity contribution in [1.29, 1.82) is 0 Å². The van der Waals surface area contributed by atoms with Gasteiger partial charge in [-0.15, -0.1) is 0 Å². The molecule has 0 bridgehead atoms. The highest BCUT2D eigenvalue weighted by Crippen LogP contribution is 2.29. The van der Waals surface area contributed by atoms with Gasteiger partial charge in [-0.1, -0.05) is 13.8 Å². The molecule has 2 rings (SSSR count). The molecule has 6 nitrogen and oxygen atoms in total. The third-order valence-electron chi connectivity index (χ3n) is 3.81. The van der Waals surface area contributed by atoms with E-state index in [1.807, 2.05) is 6.92 Å². The molecule has 21 heavy (non-hydrogen) atoms. The van der Waals surface area contributed by atoms with Crippen molar-refractivity contribution >= 4 is 11.6 Å². The van der Waals surface area contributed by atoms with Crippen LogP contribution in [-0.4, -0.2) is 47.0 Å². The van der Waals surface area contributed by atoms with Crippen molar-refractivity contribution in [3.63, 3.8) is 0 Å². The fourth-order valence-corrected chi connectivity index (χ4v) is 2.57. The molecule has 0 aliphatic carbocycles. The average Bonchev–Trinajstić information content (AvgIpc) is 2.46. The van der Waals surface area contributed by atoms with Gasteiger partial charge in [-0.25, -0.2) is 9.97 Å². The quantitative estimate of drug-likeness (QED) is 0.744. The molecule has 2 heterocycles. The Morgan fingerprint density at radius 2 is 1.86 bits per heavy atom. The third kappa shape index (κ3) is 4.04. The molecule has 0 atom stereocenters. The number of aliphatic hydroxyl groups is 1. The first kappa shape index (κ1) is 16.0. The molecule has 1 aromatic heterocycles. The van der Waals surface area contributed by atoms with Gasteiger partial charge in [0.1, 0.15) is 18.0 Å². The Morgan fingerprint density at radius 1 is 1.24 bits per heavy atom. The Balaban J connectivity index is 2.13. The van der Waals surface area contributed by atoms with Gasteiger partial charge in [0.2, 0.25) is 0 Å². The first-order valence-corrected chi connectivity index (χ1v) is 7.68. The summed E-state index contributed by atoms with van der Waals surface area (Å²) in [4.78, 5) is 8.67. The van der Waals surface area contributed by atoms with Crippen LogP contribution in [0, 0.1) is 0 Å². The molecule has 0 radical (unpaired) electrons. The molecule has 118 valence electrons. The largest absolute Gasteiger partial charge is 0.388 e. The van der Waals surface area contributed by atoms with Gasteiger partial charge in [0.05, 0.1) is 5.60 Å². The molecule has 0 unspecified atom stereocenters. The maximum Gasteiger partial charge on any atom is 0.135 e. The number of ether oxygens (including phenoxy) is 1. The zero-order chi connectivity index (χ0) is 15.3. The molecular formula is C15H26N4O2. The smallest absolute Gasteiger partial charge is 0.135 e. The van der Waals surface area contributed by atoms with Crippen molar-refractivity contribution in [1.82, 2.24) is 9.97 Å². The van der Waals surface area contributed by atoms with E-state index >= 15 is 0 Å². The lowest BCUT2D eigenvalue weighted by molar-refractivity contribution is -0.0543. The molecule has 0 saturated carbocycles. The highest BCUT2D eigenvalue weighted by Gasteiger charge is 2.30. The van der Waals surface area contributed by atoms with Crippen LogP contribution < -0.4 is 10.6 Å². The van der Waals surface area contributed by atoms with E-state index in [9.17, 15) is 5.11 Å². The van der Waals surface area contributed by atoms with Crippen LogP contribution in [0.4, 0.5) is 11.6 Å². The van der Waals surface area contributed by atoms with Crippen LogP contribution in [0.3, 0.4) is 0 Å². The number of hydrogen-bond donors (Lipinski definition) is 3. The fraction of sp³-hybridized carbons (Fsp3) is 0.733. The van der Waals surface area contributed by atoms with Crippen molar-refractivity contribution in [3.8, 4) is 0 Å². The van der Waals surface area contributed by atoms with Gasteiger partial charge >= 0.3 is 0 Å². The third-order valence-corrected chi connectivity index (χ3v) is 3.81. The van der Waals surface area contributed by atoms with Crippen LogP contribution in [0.15, 0.2) is 6.33 Å². The Labute approximate surface area is 126 Å². The number of nitrogens with zero attached hydrogens (tertiary/aromatic N) is 2. The lowest BCUT2D eigenvalue weighted by Crippen LogP contribution is -2.42. The Bertz CT molecular complexity index is 459. The lowest BCUT2D eigenvalue weighted by Gasteiger charge is -2.32. The Hall–Kier alpha value is -1.40. The van der Waals surface area contributed by atoms with Gasteiger partial charge < -0.3 is 20.5 Å². The Kier molecular flexibility index (Phi) is 5.36. The predicted molar refractivity (Wildman–Crippen MR) is 83.8 cm³/mol. The van der Waals surface area contributed by atoms with Crippen molar-refractivity contribution in [2.24, 2.45) is 0 Å². The summed E-state index contributed by atoms with van der Waals surface area (Å²) in [6.07, 6.45) is 2.87. The zero-order valence-electron chi connectivity index (χ0n) is 13.1. The van der Waals surface area contributed by atoms with Gasteiger partial charge in [-0.05, 0) is 12.8 Å². The summed E-state index contributed by atoms with van der Waals surface area (Å²) in [6, 6.07) is 0. The molecule has 1 fully saturated rings. The monoisotopic (exact) mass is 294 g/mol. The van der Waals surface area contributed by atoms with E-state index in [2.05, 4.69) is 34.4 Å². The first-order chi connectivity index (χ1) is 10.1. The van der Waals surface area contributed by atoms with E-state index in [0.29, 0.717) is 38.5 Å². The minimum Gasteiger partial charge on any atom is -0.388 e. The van der Waals surface area contributed by atoms with E-state index in [4.69, 9.17) is 4.74 Å². The second-order valence-corrected chi connectivity index (χ2v) is 5.86. The van der Waals surface area contributed by atoms with Crippen LogP contribution in [0.25, 0.3) is 0 Å². The summed E-state index contributed by atoms with van der Waals surface area (Å²) in [5, 5.41) is 17.1. The second-order valence-electron chi connectivity index (χ2n) is 5.86. The first-order valence-electron chi connectivity index (χ1n) is 7.68. The summed E-state index contributed by atoms with van der Waals surface area (Å²) >= 11 is 0. The normalized spacial score (nSPS) is 17.8. The average molecular weight is 294 g/mol. The number of nitrogens with one attached hydrogen (secondary N) is 2. The molecule has 1 saturated heterocycles. The van der Waals surface area contributed by atoms with E-state index in [1.165, 1.54) is 0 Å². The maximum atomic E-state index is 10.5. The van der Waals surface area contributed by atoms with Crippen LogP contribution in [0.5, 0.6) is 0 Å². The molecule has 3 N–H and O–H groups in total. The summed E-state index contributed by atoms with van der Waals surface area (Å²) in [5.41, 5.74) is 0.352.